The van der Waals surface area contributed by atoms with Gasteiger partial charge in [-0.1, -0.05) is 254 Å². The number of allylic oxidation sites excluding steroid dienone is 12. The molecule has 0 rings (SSSR count). The minimum absolute atomic E-state index is 0.0803. The predicted molar refractivity (Wildman–Crippen MR) is 293 cm³/mol. The van der Waals surface area contributed by atoms with E-state index in [1.807, 2.05) is 0 Å². The normalized spacial score (nSPS) is 12.6. The molecule has 0 aromatic carbocycles. The number of carbonyl (C=O) groups excluding carboxylic acids is 3. The topological polar surface area (TPSA) is 78.9 Å². The zero-order valence-corrected chi connectivity index (χ0v) is 44.9. The molecule has 1 atom stereocenters. The fraction of sp³-hybridized carbons (Fsp3) is 0.758. The third kappa shape index (κ3) is 53.8. The largest absolute Gasteiger partial charge is 0.462 e. The van der Waals surface area contributed by atoms with E-state index in [0.29, 0.717) is 19.3 Å². The van der Waals surface area contributed by atoms with Crippen LogP contribution in [0.5, 0.6) is 0 Å². The van der Waals surface area contributed by atoms with Crippen LogP contribution in [0.2, 0.25) is 0 Å². The third-order valence-electron chi connectivity index (χ3n) is 12.5. The lowest BCUT2D eigenvalue weighted by molar-refractivity contribution is -0.167. The van der Waals surface area contributed by atoms with Gasteiger partial charge in [0.15, 0.2) is 6.10 Å². The van der Waals surface area contributed by atoms with E-state index in [4.69, 9.17) is 14.2 Å². The van der Waals surface area contributed by atoms with Crippen molar-refractivity contribution in [2.24, 2.45) is 0 Å². The monoisotopic (exact) mass is 949 g/mol. The molecule has 0 saturated carbocycles. The quantitative estimate of drug-likeness (QED) is 0.0262. The Labute approximate surface area is 421 Å². The molecule has 6 heteroatoms. The number of esters is 3. The van der Waals surface area contributed by atoms with Crippen LogP contribution in [0.4, 0.5) is 0 Å². The van der Waals surface area contributed by atoms with Gasteiger partial charge in [0, 0.05) is 19.3 Å². The van der Waals surface area contributed by atoms with E-state index in [-0.39, 0.29) is 31.1 Å². The Bertz CT molecular complexity index is 1270. The van der Waals surface area contributed by atoms with Crippen LogP contribution in [-0.4, -0.2) is 37.2 Å². The molecule has 68 heavy (non-hydrogen) atoms. The molecule has 0 heterocycles. The lowest BCUT2D eigenvalue weighted by Crippen LogP contribution is -2.30. The maximum atomic E-state index is 12.9. The van der Waals surface area contributed by atoms with Crippen LogP contribution in [0.1, 0.15) is 284 Å². The van der Waals surface area contributed by atoms with Crippen molar-refractivity contribution in [2.45, 2.75) is 290 Å². The van der Waals surface area contributed by atoms with Gasteiger partial charge in [0.05, 0.1) is 0 Å². The van der Waals surface area contributed by atoms with E-state index in [1.54, 1.807) is 0 Å². The fourth-order valence-electron chi connectivity index (χ4n) is 8.18. The summed E-state index contributed by atoms with van der Waals surface area (Å²) in [5.41, 5.74) is 0. The summed E-state index contributed by atoms with van der Waals surface area (Å²) in [5.74, 6) is -0.889. The molecule has 0 amide bonds. The highest BCUT2D eigenvalue weighted by Crippen LogP contribution is 2.16. The molecule has 0 radical (unpaired) electrons. The van der Waals surface area contributed by atoms with Crippen molar-refractivity contribution in [1.82, 2.24) is 0 Å². The van der Waals surface area contributed by atoms with Crippen molar-refractivity contribution < 1.29 is 28.6 Å². The van der Waals surface area contributed by atoms with Crippen LogP contribution in [0.25, 0.3) is 0 Å². The number of carbonyl (C=O) groups is 3. The zero-order chi connectivity index (χ0) is 49.3. The van der Waals surface area contributed by atoms with Crippen LogP contribution >= 0.6 is 0 Å². The van der Waals surface area contributed by atoms with E-state index < -0.39 is 6.10 Å². The van der Waals surface area contributed by atoms with Gasteiger partial charge in [-0.25, -0.2) is 0 Å². The molecule has 0 aliphatic carbocycles. The van der Waals surface area contributed by atoms with Crippen molar-refractivity contribution in [3.8, 4) is 0 Å². The van der Waals surface area contributed by atoms with Gasteiger partial charge in [0.1, 0.15) is 13.2 Å². The van der Waals surface area contributed by atoms with E-state index in [0.717, 1.165) is 109 Å². The molecule has 0 N–H and O–H groups in total. The summed E-state index contributed by atoms with van der Waals surface area (Å²) < 4.78 is 16.9. The second kappa shape index (κ2) is 56.4. The van der Waals surface area contributed by atoms with Crippen molar-refractivity contribution in [3.05, 3.63) is 72.9 Å². The number of unbranched alkanes of at least 4 members (excludes halogenated alkanes) is 29. The predicted octanol–water partition coefficient (Wildman–Crippen LogP) is 19.4. The van der Waals surface area contributed by atoms with E-state index >= 15 is 0 Å². The van der Waals surface area contributed by atoms with Gasteiger partial charge in [-0.05, 0) is 83.5 Å². The number of hydrogen-bond acceptors (Lipinski definition) is 6. The Kier molecular flexibility index (Phi) is 53.8. The smallest absolute Gasteiger partial charge is 0.306 e. The van der Waals surface area contributed by atoms with Gasteiger partial charge in [-0.3, -0.25) is 14.4 Å². The van der Waals surface area contributed by atoms with Crippen LogP contribution in [-0.2, 0) is 28.6 Å². The molecule has 0 saturated heterocycles. The van der Waals surface area contributed by atoms with Crippen molar-refractivity contribution in [2.75, 3.05) is 13.2 Å². The third-order valence-corrected chi connectivity index (χ3v) is 12.5. The standard InChI is InChI=1S/C62H108O6/c1-4-7-10-13-16-19-22-25-28-31-34-37-40-43-46-49-52-55-61(64)67-58-59(57-66-60(63)54-51-48-45-42-39-36-33-30-27-24-21-18-15-12-9-6-3)68-62(65)56-53-50-47-44-41-38-35-32-29-26-23-20-17-14-11-8-5-2/h7-8,10-11,16-17,19-20,25-26,28-29,59H,4-6,9,12-15,18,21-24,27,30-58H2,1-3H3/b10-7-,11-8-,19-16-,20-17-,28-25-,29-26-. The molecule has 6 nitrogen and oxygen atoms in total. The van der Waals surface area contributed by atoms with Crippen LogP contribution < -0.4 is 0 Å². The number of ether oxygens (including phenoxy) is 3. The molecule has 0 fully saturated rings. The lowest BCUT2D eigenvalue weighted by Gasteiger charge is -2.18. The Hall–Kier alpha value is -3.15. The van der Waals surface area contributed by atoms with Gasteiger partial charge < -0.3 is 14.2 Å². The maximum Gasteiger partial charge on any atom is 0.306 e. The second-order valence-corrected chi connectivity index (χ2v) is 19.1. The molecule has 0 spiro atoms. The molecule has 0 aliphatic rings. The highest BCUT2D eigenvalue weighted by Gasteiger charge is 2.19. The Morgan fingerprint density at radius 1 is 0.309 bits per heavy atom. The summed E-state index contributed by atoms with van der Waals surface area (Å²) in [6.45, 7) is 6.43. The summed E-state index contributed by atoms with van der Waals surface area (Å²) in [5, 5.41) is 0. The van der Waals surface area contributed by atoms with E-state index in [1.165, 1.54) is 135 Å². The Balaban J connectivity index is 4.39. The molecule has 0 aromatic rings. The summed E-state index contributed by atoms with van der Waals surface area (Å²) >= 11 is 0. The van der Waals surface area contributed by atoms with Gasteiger partial charge in [-0.2, -0.15) is 0 Å². The maximum absolute atomic E-state index is 12.9. The van der Waals surface area contributed by atoms with Crippen LogP contribution in [0, 0.1) is 0 Å². The summed E-state index contributed by atoms with van der Waals surface area (Å²) in [6.07, 6.45) is 71.7. The number of rotatable bonds is 52. The molecule has 0 aliphatic heterocycles. The Morgan fingerprint density at radius 3 is 0.897 bits per heavy atom. The first kappa shape index (κ1) is 64.8. The lowest BCUT2D eigenvalue weighted by atomic mass is 10.0. The van der Waals surface area contributed by atoms with Crippen molar-refractivity contribution in [1.29, 1.82) is 0 Å². The van der Waals surface area contributed by atoms with Crippen LogP contribution in [0.3, 0.4) is 0 Å². The van der Waals surface area contributed by atoms with Crippen molar-refractivity contribution in [3.63, 3.8) is 0 Å². The van der Waals surface area contributed by atoms with Gasteiger partial charge in [0.25, 0.3) is 0 Å². The first-order valence-electron chi connectivity index (χ1n) is 28.9. The van der Waals surface area contributed by atoms with Gasteiger partial charge in [-0.15, -0.1) is 0 Å². The summed E-state index contributed by atoms with van der Waals surface area (Å²) in [4.78, 5) is 38.2. The van der Waals surface area contributed by atoms with E-state index in [2.05, 4.69) is 93.7 Å². The van der Waals surface area contributed by atoms with Crippen molar-refractivity contribution >= 4 is 17.9 Å². The second-order valence-electron chi connectivity index (χ2n) is 19.1. The number of hydrogen-bond donors (Lipinski definition) is 0. The molecule has 1 unspecified atom stereocenters. The Morgan fingerprint density at radius 2 is 0.574 bits per heavy atom. The van der Waals surface area contributed by atoms with E-state index in [9.17, 15) is 14.4 Å². The first-order valence-corrected chi connectivity index (χ1v) is 28.9. The minimum atomic E-state index is -0.784. The molecule has 392 valence electrons. The summed E-state index contributed by atoms with van der Waals surface area (Å²) in [7, 11) is 0. The summed E-state index contributed by atoms with van der Waals surface area (Å²) in [6, 6.07) is 0. The molecular formula is C62H108O6. The van der Waals surface area contributed by atoms with Gasteiger partial charge >= 0.3 is 17.9 Å². The fourth-order valence-corrected chi connectivity index (χ4v) is 8.18. The SMILES string of the molecule is CC/C=C\C/C=C\C/C=C\CCCCCCCCCC(=O)OCC(COC(=O)CCCCCCCCCCCCCCCCCC)OC(=O)CCCCCCCCC/C=C\C/C=C\C/C=C\CC. The van der Waals surface area contributed by atoms with Crippen LogP contribution in [0.15, 0.2) is 72.9 Å². The molecular weight excluding hydrogens is 841 g/mol. The first-order chi connectivity index (χ1) is 33.5. The minimum Gasteiger partial charge on any atom is -0.462 e. The molecule has 0 bridgehead atoms. The molecule has 0 aromatic heterocycles. The van der Waals surface area contributed by atoms with Gasteiger partial charge in [0.2, 0.25) is 0 Å². The zero-order valence-electron chi connectivity index (χ0n) is 44.9. The average Bonchev–Trinajstić information content (AvgIpc) is 3.34. The average molecular weight is 950 g/mol. The highest BCUT2D eigenvalue weighted by atomic mass is 16.6. The highest BCUT2D eigenvalue weighted by molar-refractivity contribution is 5.71.